The maximum absolute atomic E-state index is 9.82. The first kappa shape index (κ1) is 11.3. The van der Waals surface area contributed by atoms with Gasteiger partial charge in [0.15, 0.2) is 11.3 Å². The predicted molar refractivity (Wildman–Crippen MR) is 73.7 cm³/mol. The SMILES string of the molecule is Oc1ccc2c(=S)cc(-c3cccs3)oc2c1O. The first-order valence-corrected chi connectivity index (χ1v) is 6.48. The molecule has 1 aromatic carbocycles. The van der Waals surface area contributed by atoms with Crippen LogP contribution in [0.25, 0.3) is 21.6 Å². The molecule has 3 aromatic rings. The number of thiophene rings is 1. The van der Waals surface area contributed by atoms with Gasteiger partial charge in [-0.05, 0) is 23.6 Å². The van der Waals surface area contributed by atoms with E-state index in [9.17, 15) is 10.2 Å². The Hall–Kier alpha value is -1.85. The summed E-state index contributed by atoms with van der Waals surface area (Å²) in [5.41, 5.74) is 0.214. The molecule has 2 heterocycles. The predicted octanol–water partition coefficient (Wildman–Crippen LogP) is 4.30. The van der Waals surface area contributed by atoms with Crippen molar-refractivity contribution in [2.75, 3.05) is 0 Å². The fourth-order valence-electron chi connectivity index (χ4n) is 1.73. The van der Waals surface area contributed by atoms with Crippen LogP contribution in [0.4, 0.5) is 0 Å². The Morgan fingerprint density at radius 2 is 2.00 bits per heavy atom. The van der Waals surface area contributed by atoms with Crippen LogP contribution in [-0.2, 0) is 0 Å². The highest BCUT2D eigenvalue weighted by Gasteiger charge is 2.11. The van der Waals surface area contributed by atoms with Gasteiger partial charge in [-0.15, -0.1) is 11.3 Å². The zero-order chi connectivity index (χ0) is 12.7. The summed E-state index contributed by atoms with van der Waals surface area (Å²) in [5.74, 6) is 0.0874. The molecule has 0 saturated carbocycles. The average Bonchev–Trinajstić information content (AvgIpc) is 2.88. The van der Waals surface area contributed by atoms with Crippen LogP contribution in [0.5, 0.6) is 11.5 Å². The van der Waals surface area contributed by atoms with Gasteiger partial charge in [0.2, 0.25) is 5.75 Å². The molecular weight excluding hydrogens is 268 g/mol. The first-order chi connectivity index (χ1) is 8.66. The van der Waals surface area contributed by atoms with Crippen molar-refractivity contribution in [2.24, 2.45) is 0 Å². The Labute approximate surface area is 112 Å². The summed E-state index contributed by atoms with van der Waals surface area (Å²) >= 11 is 6.79. The fraction of sp³-hybridized carbons (Fsp3) is 0. The number of hydrogen-bond acceptors (Lipinski definition) is 5. The van der Waals surface area contributed by atoms with E-state index >= 15 is 0 Å². The molecule has 0 unspecified atom stereocenters. The minimum atomic E-state index is -0.281. The van der Waals surface area contributed by atoms with E-state index in [1.807, 2.05) is 17.5 Å². The van der Waals surface area contributed by atoms with E-state index in [1.165, 1.54) is 17.4 Å². The summed E-state index contributed by atoms with van der Waals surface area (Å²) in [6.07, 6.45) is 0. The molecule has 0 aliphatic rings. The van der Waals surface area contributed by atoms with Crippen molar-refractivity contribution in [3.63, 3.8) is 0 Å². The van der Waals surface area contributed by atoms with Crippen LogP contribution in [0.15, 0.2) is 40.1 Å². The third-order valence-electron chi connectivity index (χ3n) is 2.61. The molecule has 0 bridgehead atoms. The molecule has 0 aliphatic heterocycles. The third-order valence-corrected chi connectivity index (χ3v) is 3.84. The Morgan fingerprint density at radius 1 is 1.17 bits per heavy atom. The molecule has 3 rings (SSSR count). The van der Waals surface area contributed by atoms with Crippen molar-refractivity contribution in [1.29, 1.82) is 0 Å². The van der Waals surface area contributed by atoms with Crippen molar-refractivity contribution >= 4 is 34.5 Å². The van der Waals surface area contributed by atoms with Gasteiger partial charge in [-0.25, -0.2) is 0 Å². The maximum Gasteiger partial charge on any atom is 0.201 e. The third kappa shape index (κ3) is 1.68. The van der Waals surface area contributed by atoms with Crippen LogP contribution < -0.4 is 0 Å². The van der Waals surface area contributed by atoms with E-state index in [4.69, 9.17) is 16.6 Å². The Balaban J connectivity index is 2.39. The quantitative estimate of drug-likeness (QED) is 0.514. The fourth-order valence-corrected chi connectivity index (χ4v) is 2.68. The van der Waals surface area contributed by atoms with Crippen LogP contribution in [0.2, 0.25) is 0 Å². The molecule has 0 amide bonds. The van der Waals surface area contributed by atoms with Crippen LogP contribution in [0.3, 0.4) is 0 Å². The molecule has 0 radical (unpaired) electrons. The smallest absolute Gasteiger partial charge is 0.201 e. The molecule has 2 aromatic heterocycles. The highest BCUT2D eigenvalue weighted by atomic mass is 32.1. The lowest BCUT2D eigenvalue weighted by atomic mass is 10.2. The molecule has 0 fully saturated rings. The lowest BCUT2D eigenvalue weighted by Crippen LogP contribution is -1.80. The summed E-state index contributed by atoms with van der Waals surface area (Å²) < 4.78 is 6.21. The maximum atomic E-state index is 9.82. The van der Waals surface area contributed by atoms with Gasteiger partial charge in [0.1, 0.15) is 5.76 Å². The van der Waals surface area contributed by atoms with Crippen molar-refractivity contribution in [3.8, 4) is 22.1 Å². The summed E-state index contributed by atoms with van der Waals surface area (Å²) in [7, 11) is 0. The van der Waals surface area contributed by atoms with E-state index in [-0.39, 0.29) is 17.1 Å². The highest BCUT2D eigenvalue weighted by Crippen LogP contribution is 2.37. The lowest BCUT2D eigenvalue weighted by molar-refractivity contribution is 0.400. The number of phenolic OH excluding ortho intramolecular Hbond substituents is 2. The van der Waals surface area contributed by atoms with Crippen molar-refractivity contribution in [3.05, 3.63) is 40.2 Å². The Morgan fingerprint density at radius 3 is 2.72 bits per heavy atom. The molecule has 3 nitrogen and oxygen atoms in total. The minimum absolute atomic E-state index is 0.214. The van der Waals surface area contributed by atoms with Crippen LogP contribution >= 0.6 is 23.6 Å². The summed E-state index contributed by atoms with van der Waals surface area (Å²) in [4.78, 5) is 0.922. The molecule has 18 heavy (non-hydrogen) atoms. The monoisotopic (exact) mass is 276 g/mol. The van der Waals surface area contributed by atoms with E-state index in [2.05, 4.69) is 0 Å². The van der Waals surface area contributed by atoms with E-state index in [0.29, 0.717) is 15.7 Å². The molecule has 5 heteroatoms. The number of rotatable bonds is 1. The van der Waals surface area contributed by atoms with E-state index < -0.39 is 0 Å². The van der Waals surface area contributed by atoms with Gasteiger partial charge in [0.05, 0.1) is 9.39 Å². The first-order valence-electron chi connectivity index (χ1n) is 5.19. The van der Waals surface area contributed by atoms with Crippen LogP contribution in [0.1, 0.15) is 0 Å². The summed E-state index contributed by atoms with van der Waals surface area (Å²) in [6.45, 7) is 0. The van der Waals surface area contributed by atoms with Gasteiger partial charge in [-0.3, -0.25) is 0 Å². The van der Waals surface area contributed by atoms with E-state index in [0.717, 1.165) is 4.88 Å². The Kier molecular flexibility index (Phi) is 2.57. The summed E-state index contributed by atoms with van der Waals surface area (Å²) in [6, 6.07) is 8.59. The van der Waals surface area contributed by atoms with Crippen LogP contribution in [-0.4, -0.2) is 10.2 Å². The zero-order valence-corrected chi connectivity index (χ0v) is 10.7. The number of hydrogen-bond donors (Lipinski definition) is 2. The van der Waals surface area contributed by atoms with Gasteiger partial charge >= 0.3 is 0 Å². The molecule has 0 spiro atoms. The zero-order valence-electron chi connectivity index (χ0n) is 9.08. The topological polar surface area (TPSA) is 53.6 Å². The van der Waals surface area contributed by atoms with Crippen LogP contribution in [0, 0.1) is 4.51 Å². The van der Waals surface area contributed by atoms with Crippen molar-refractivity contribution in [2.45, 2.75) is 0 Å². The van der Waals surface area contributed by atoms with Crippen molar-refractivity contribution in [1.82, 2.24) is 0 Å². The number of fused-ring (bicyclic) bond motifs is 1. The summed E-state index contributed by atoms with van der Waals surface area (Å²) in [5, 5.41) is 21.8. The normalized spacial score (nSPS) is 10.9. The standard InChI is InChI=1S/C13H8O3S2/c14-8-4-3-7-10(17)6-9(11-2-1-5-18-11)16-13(7)12(8)15/h1-6,14-15H. The van der Waals surface area contributed by atoms with Crippen molar-refractivity contribution < 1.29 is 14.6 Å². The van der Waals surface area contributed by atoms with Gasteiger partial charge in [0, 0.05) is 11.5 Å². The largest absolute Gasteiger partial charge is 0.504 e. The molecule has 90 valence electrons. The van der Waals surface area contributed by atoms with Gasteiger partial charge in [-0.2, -0.15) is 0 Å². The molecular formula is C13H8O3S2. The van der Waals surface area contributed by atoms with Gasteiger partial charge in [-0.1, -0.05) is 18.3 Å². The second-order valence-electron chi connectivity index (χ2n) is 3.76. The second-order valence-corrected chi connectivity index (χ2v) is 5.15. The molecule has 0 atom stereocenters. The molecule has 0 saturated heterocycles. The Bertz CT molecular complexity index is 773. The highest BCUT2D eigenvalue weighted by molar-refractivity contribution is 7.71. The van der Waals surface area contributed by atoms with Gasteiger partial charge < -0.3 is 14.6 Å². The lowest BCUT2D eigenvalue weighted by Gasteiger charge is -2.05. The van der Waals surface area contributed by atoms with E-state index in [1.54, 1.807) is 12.1 Å². The molecule has 0 aliphatic carbocycles. The average molecular weight is 276 g/mol. The number of benzene rings is 1. The second kappa shape index (κ2) is 4.12. The minimum Gasteiger partial charge on any atom is -0.504 e. The number of phenols is 2. The number of aromatic hydroxyl groups is 2. The molecule has 2 N–H and O–H groups in total. The van der Waals surface area contributed by atoms with Gasteiger partial charge in [0.25, 0.3) is 0 Å².